The van der Waals surface area contributed by atoms with E-state index in [1.807, 2.05) is 49.5 Å². The highest BCUT2D eigenvalue weighted by Crippen LogP contribution is 2.22. The van der Waals surface area contributed by atoms with Gasteiger partial charge in [-0.1, -0.05) is 37.3 Å². The first-order chi connectivity index (χ1) is 14.1. The van der Waals surface area contributed by atoms with Gasteiger partial charge in [0.15, 0.2) is 0 Å². The third-order valence-corrected chi connectivity index (χ3v) is 5.16. The molecule has 5 heteroatoms. The number of benzene rings is 1. The summed E-state index contributed by atoms with van der Waals surface area (Å²) in [6.07, 6.45) is 4.49. The van der Waals surface area contributed by atoms with E-state index in [0.29, 0.717) is 19.4 Å². The van der Waals surface area contributed by atoms with E-state index in [2.05, 4.69) is 39.3 Å². The molecular weight excluding hydrogens is 360 g/mol. The van der Waals surface area contributed by atoms with Gasteiger partial charge in [-0.2, -0.15) is 0 Å². The van der Waals surface area contributed by atoms with E-state index in [9.17, 15) is 4.79 Å². The fourth-order valence-electron chi connectivity index (χ4n) is 3.54. The molecule has 1 aromatic carbocycles. The molecule has 1 aliphatic heterocycles. The quantitative estimate of drug-likeness (QED) is 0.681. The Labute approximate surface area is 171 Å². The van der Waals surface area contributed by atoms with Gasteiger partial charge in [-0.15, -0.1) is 0 Å². The summed E-state index contributed by atoms with van der Waals surface area (Å²) >= 11 is 0. The van der Waals surface area contributed by atoms with E-state index in [0.717, 1.165) is 34.0 Å². The van der Waals surface area contributed by atoms with Crippen LogP contribution in [0.3, 0.4) is 0 Å². The van der Waals surface area contributed by atoms with Crippen LogP contribution in [0.15, 0.2) is 65.9 Å². The number of ketones is 1. The molecule has 4 rings (SSSR count). The van der Waals surface area contributed by atoms with E-state index in [4.69, 9.17) is 0 Å². The fraction of sp³-hybridized carbons (Fsp3) is 0.250. The SMILES string of the molecule is Cc1ccc(NC2=NCc3cc(CC(=O)C[C@H](C)c4ccccc4)ncc32)cn1. The van der Waals surface area contributed by atoms with E-state index < -0.39 is 0 Å². The molecule has 3 heterocycles. The summed E-state index contributed by atoms with van der Waals surface area (Å²) in [5.74, 6) is 1.21. The Bertz CT molecular complexity index is 1040. The number of rotatable bonds is 6. The highest BCUT2D eigenvalue weighted by molar-refractivity contribution is 6.10. The van der Waals surface area contributed by atoms with Crippen molar-refractivity contribution in [3.05, 3.63) is 89.0 Å². The zero-order chi connectivity index (χ0) is 20.2. The van der Waals surface area contributed by atoms with Crippen LogP contribution >= 0.6 is 0 Å². The molecule has 0 radical (unpaired) electrons. The lowest BCUT2D eigenvalue weighted by molar-refractivity contribution is -0.118. The minimum Gasteiger partial charge on any atom is -0.339 e. The maximum Gasteiger partial charge on any atom is 0.139 e. The zero-order valence-corrected chi connectivity index (χ0v) is 16.7. The number of amidine groups is 1. The molecule has 0 bridgehead atoms. The van der Waals surface area contributed by atoms with Crippen molar-refractivity contribution in [3.63, 3.8) is 0 Å². The van der Waals surface area contributed by atoms with Crippen LogP contribution in [0.5, 0.6) is 0 Å². The highest BCUT2D eigenvalue weighted by atomic mass is 16.1. The summed E-state index contributed by atoms with van der Waals surface area (Å²) in [5.41, 5.74) is 5.96. The second-order valence-corrected chi connectivity index (χ2v) is 7.54. The van der Waals surface area contributed by atoms with Gasteiger partial charge in [-0.3, -0.25) is 19.8 Å². The Morgan fingerprint density at radius 1 is 1.10 bits per heavy atom. The Hall–Kier alpha value is -3.34. The van der Waals surface area contributed by atoms with Gasteiger partial charge in [0, 0.05) is 36.0 Å². The molecule has 0 aliphatic carbocycles. The minimum absolute atomic E-state index is 0.205. The number of fused-ring (bicyclic) bond motifs is 1. The molecule has 1 atom stereocenters. The van der Waals surface area contributed by atoms with Crippen molar-refractivity contribution in [1.82, 2.24) is 9.97 Å². The summed E-state index contributed by atoms with van der Waals surface area (Å²) in [5, 5.41) is 3.31. The summed E-state index contributed by atoms with van der Waals surface area (Å²) in [4.78, 5) is 25.9. The van der Waals surface area contributed by atoms with E-state index >= 15 is 0 Å². The fourth-order valence-corrected chi connectivity index (χ4v) is 3.54. The van der Waals surface area contributed by atoms with Gasteiger partial charge in [-0.05, 0) is 42.2 Å². The van der Waals surface area contributed by atoms with Crippen molar-refractivity contribution in [3.8, 4) is 0 Å². The van der Waals surface area contributed by atoms with Gasteiger partial charge in [0.25, 0.3) is 0 Å². The molecule has 29 heavy (non-hydrogen) atoms. The van der Waals surface area contributed by atoms with Crippen LogP contribution in [-0.2, 0) is 17.8 Å². The summed E-state index contributed by atoms with van der Waals surface area (Å²) in [6, 6.07) is 16.1. The predicted molar refractivity (Wildman–Crippen MR) is 115 cm³/mol. The number of hydrogen-bond acceptors (Lipinski definition) is 5. The number of carbonyl (C=O) groups is 1. The molecule has 0 spiro atoms. The number of carbonyl (C=O) groups excluding carboxylic acids is 1. The molecule has 0 saturated carbocycles. The van der Waals surface area contributed by atoms with Crippen molar-refractivity contribution in [1.29, 1.82) is 0 Å². The first-order valence-electron chi connectivity index (χ1n) is 9.87. The number of nitrogens with one attached hydrogen (secondary N) is 1. The number of aromatic nitrogens is 2. The molecule has 0 fully saturated rings. The van der Waals surface area contributed by atoms with Gasteiger partial charge in [0.1, 0.15) is 11.6 Å². The minimum atomic E-state index is 0.205. The van der Waals surface area contributed by atoms with Crippen LogP contribution in [0, 0.1) is 6.92 Å². The molecule has 3 aromatic rings. The third kappa shape index (κ3) is 4.57. The predicted octanol–water partition coefficient (Wildman–Crippen LogP) is 4.46. The molecule has 1 N–H and O–H groups in total. The van der Waals surface area contributed by atoms with E-state index in [1.54, 1.807) is 6.20 Å². The van der Waals surface area contributed by atoms with Gasteiger partial charge in [-0.25, -0.2) is 0 Å². The number of pyridine rings is 2. The normalized spacial score (nSPS) is 13.5. The average Bonchev–Trinajstić information content (AvgIpc) is 3.12. The molecule has 0 unspecified atom stereocenters. The molecular formula is C24H24N4O. The second kappa shape index (κ2) is 8.35. The van der Waals surface area contributed by atoms with Gasteiger partial charge in [0.05, 0.1) is 18.4 Å². The number of anilines is 1. The van der Waals surface area contributed by atoms with Crippen LogP contribution in [0.25, 0.3) is 0 Å². The average molecular weight is 384 g/mol. The van der Waals surface area contributed by atoms with Crippen LogP contribution in [0.1, 0.15) is 47.3 Å². The summed E-state index contributed by atoms with van der Waals surface area (Å²) < 4.78 is 0. The zero-order valence-electron chi connectivity index (χ0n) is 16.7. The van der Waals surface area contributed by atoms with Crippen LogP contribution in [0.4, 0.5) is 5.69 Å². The van der Waals surface area contributed by atoms with Gasteiger partial charge in [0.2, 0.25) is 0 Å². The topological polar surface area (TPSA) is 67.2 Å². The first kappa shape index (κ1) is 19.0. The smallest absolute Gasteiger partial charge is 0.139 e. The number of nitrogens with zero attached hydrogens (tertiary/aromatic N) is 3. The first-order valence-corrected chi connectivity index (χ1v) is 9.87. The van der Waals surface area contributed by atoms with Crippen LogP contribution in [-0.4, -0.2) is 21.6 Å². The molecule has 146 valence electrons. The third-order valence-electron chi connectivity index (χ3n) is 5.16. The van der Waals surface area contributed by atoms with Crippen LogP contribution < -0.4 is 5.32 Å². The maximum atomic E-state index is 12.5. The molecule has 5 nitrogen and oxygen atoms in total. The Kier molecular flexibility index (Phi) is 5.47. The van der Waals surface area contributed by atoms with Crippen LogP contribution in [0.2, 0.25) is 0 Å². The summed E-state index contributed by atoms with van der Waals surface area (Å²) in [7, 11) is 0. The number of aryl methyl sites for hydroxylation is 1. The Morgan fingerprint density at radius 3 is 2.69 bits per heavy atom. The van der Waals surface area contributed by atoms with E-state index in [1.165, 1.54) is 5.56 Å². The molecule has 0 saturated heterocycles. The number of Topliss-reactive ketones (excluding diaryl/α,β-unsaturated/α-hetero) is 1. The Morgan fingerprint density at radius 2 is 1.93 bits per heavy atom. The van der Waals surface area contributed by atoms with Crippen molar-refractivity contribution >= 4 is 17.3 Å². The largest absolute Gasteiger partial charge is 0.339 e. The van der Waals surface area contributed by atoms with Crippen molar-refractivity contribution in [2.45, 2.75) is 39.2 Å². The number of hydrogen-bond donors (Lipinski definition) is 1. The van der Waals surface area contributed by atoms with Crippen molar-refractivity contribution < 1.29 is 4.79 Å². The van der Waals surface area contributed by atoms with Gasteiger partial charge < -0.3 is 5.32 Å². The maximum absolute atomic E-state index is 12.5. The van der Waals surface area contributed by atoms with Crippen molar-refractivity contribution in [2.75, 3.05) is 5.32 Å². The standard InChI is InChI=1S/C24H24N4O/c1-16(18-6-4-3-5-7-18)10-22(29)12-21-11-19-13-27-24(23(19)15-26-21)28-20-9-8-17(2)25-14-20/h3-9,11,14-16H,10,12-13H2,1-2H3,(H,27,28)/t16-/m0/s1. The molecule has 0 amide bonds. The van der Waals surface area contributed by atoms with Gasteiger partial charge >= 0.3 is 0 Å². The lowest BCUT2D eigenvalue weighted by atomic mass is 9.94. The molecule has 1 aliphatic rings. The highest BCUT2D eigenvalue weighted by Gasteiger charge is 2.19. The molecule has 2 aromatic heterocycles. The lowest BCUT2D eigenvalue weighted by Crippen LogP contribution is -2.13. The number of aliphatic imine (C=N–C) groups is 1. The lowest BCUT2D eigenvalue weighted by Gasteiger charge is -2.11. The Balaban J connectivity index is 1.39. The van der Waals surface area contributed by atoms with Crippen molar-refractivity contribution in [2.24, 2.45) is 4.99 Å². The van der Waals surface area contributed by atoms with E-state index in [-0.39, 0.29) is 11.7 Å². The second-order valence-electron chi connectivity index (χ2n) is 7.54. The summed E-state index contributed by atoms with van der Waals surface area (Å²) in [6.45, 7) is 4.65. The monoisotopic (exact) mass is 384 g/mol.